The van der Waals surface area contributed by atoms with E-state index in [1.165, 1.54) is 18.9 Å². The van der Waals surface area contributed by atoms with E-state index >= 15 is 0 Å². The maximum Gasteiger partial charge on any atom is 0.238 e. The van der Waals surface area contributed by atoms with E-state index in [0.29, 0.717) is 176 Å². The van der Waals surface area contributed by atoms with E-state index in [1.54, 1.807) is 76.4 Å². The molecule has 8 aliphatic rings. The first kappa shape index (κ1) is 92.1. The van der Waals surface area contributed by atoms with Crippen LogP contribution >= 0.6 is 58.0 Å². The van der Waals surface area contributed by atoms with Crippen LogP contribution in [0.15, 0.2) is 196 Å². The number of nitrogens with zero attached hydrogens (tertiary/aromatic N) is 30. The number of imidazole rings is 5. The minimum absolute atomic E-state index is 0.0933. The van der Waals surface area contributed by atoms with Gasteiger partial charge in [0.2, 0.25) is 17.7 Å². The summed E-state index contributed by atoms with van der Waals surface area (Å²) in [5, 5.41) is 46.9. The van der Waals surface area contributed by atoms with Crippen molar-refractivity contribution in [3.63, 3.8) is 0 Å². The molecule has 0 fully saturated rings. The Morgan fingerprint density at radius 1 is 0.387 bits per heavy atom. The Labute approximate surface area is 832 Å². The van der Waals surface area contributed by atoms with Crippen LogP contribution in [0.3, 0.4) is 0 Å². The largest absolute Gasteiger partial charge is 0.474 e. The molecule has 0 unspecified atom stereocenters. The number of hydrogen-bond acceptors (Lipinski definition) is 30. The van der Waals surface area contributed by atoms with E-state index < -0.39 is 6.04 Å². The Balaban J connectivity index is 0.000000102. The van der Waals surface area contributed by atoms with Crippen molar-refractivity contribution in [2.45, 2.75) is 119 Å². The maximum absolute atomic E-state index is 14.3. The van der Waals surface area contributed by atoms with E-state index in [9.17, 15) is 4.39 Å². The second-order valence-corrected chi connectivity index (χ2v) is 36.0. The normalized spacial score (nSPS) is 14.3. The molecule has 0 aliphatic carbocycles. The van der Waals surface area contributed by atoms with Crippen molar-refractivity contribution in [3.8, 4) is 108 Å². The summed E-state index contributed by atoms with van der Waals surface area (Å²) in [5.41, 5.74) is 17.7. The highest BCUT2D eigenvalue weighted by atomic mass is 35.5. The van der Waals surface area contributed by atoms with Gasteiger partial charge < -0.3 is 69.6 Å². The van der Waals surface area contributed by atoms with Gasteiger partial charge in [0.1, 0.15) is 125 Å². The van der Waals surface area contributed by atoms with Gasteiger partial charge in [-0.15, -0.1) is 51.0 Å². The number of aliphatic imine (C=N–C) groups is 3. The van der Waals surface area contributed by atoms with Crippen LogP contribution in [0.5, 0.6) is 0 Å². The van der Waals surface area contributed by atoms with Crippen molar-refractivity contribution in [1.29, 1.82) is 0 Å². The Kier molecular flexibility index (Phi) is 25.5. The summed E-state index contributed by atoms with van der Waals surface area (Å²) in [5.74, 6) is 9.81. The number of oxazole rings is 2. The lowest BCUT2D eigenvalue weighted by Gasteiger charge is -2.11. The van der Waals surface area contributed by atoms with E-state index in [4.69, 9.17) is 105 Å². The molecule has 46 heteroatoms. The highest BCUT2D eigenvalue weighted by Crippen LogP contribution is 2.44. The molecule has 0 saturated carbocycles. The molecule has 0 N–H and O–H groups in total. The van der Waals surface area contributed by atoms with Gasteiger partial charge in [-0.05, 0) is 132 Å². The van der Waals surface area contributed by atoms with Gasteiger partial charge in [-0.2, -0.15) is 0 Å². The van der Waals surface area contributed by atoms with Crippen LogP contribution in [0.2, 0.25) is 25.1 Å². The number of fused-ring (bicyclic) bond motifs is 25. The second-order valence-electron chi connectivity index (χ2n) is 33.8. The van der Waals surface area contributed by atoms with E-state index in [2.05, 4.69) is 105 Å². The van der Waals surface area contributed by atoms with Crippen LogP contribution in [0.4, 0.5) is 4.39 Å². The van der Waals surface area contributed by atoms with Crippen LogP contribution in [0, 0.1) is 5.82 Å². The van der Waals surface area contributed by atoms with Crippen LogP contribution in [0.25, 0.3) is 108 Å². The fourth-order valence-corrected chi connectivity index (χ4v) is 18.7. The fraction of sp³-hybridized carbons (Fsp3) is 0.271. The zero-order chi connectivity index (χ0) is 97.1. The fourth-order valence-electron chi connectivity index (χ4n) is 17.8. The molecule has 1 atom stereocenters. The topological polar surface area (TPSA) is 406 Å². The smallest absolute Gasteiger partial charge is 0.238 e. The van der Waals surface area contributed by atoms with Gasteiger partial charge in [-0.25, -0.2) is 54.3 Å². The number of hydrogen-bond donors (Lipinski definition) is 0. The van der Waals surface area contributed by atoms with Gasteiger partial charge in [0.05, 0.1) is 127 Å². The number of methoxy groups -OCH3 is 2. The molecule has 6 aromatic carbocycles. The van der Waals surface area contributed by atoms with Gasteiger partial charge >= 0.3 is 0 Å². The molecule has 0 spiro atoms. The third kappa shape index (κ3) is 17.5. The van der Waals surface area contributed by atoms with Gasteiger partial charge in [0, 0.05) is 79.3 Å². The molecule has 0 bridgehead atoms. The number of rotatable bonds is 19. The Morgan fingerprint density at radius 2 is 0.711 bits per heavy atom. The van der Waals surface area contributed by atoms with Crippen LogP contribution < -0.4 is 0 Å². The van der Waals surface area contributed by atoms with Gasteiger partial charge in [-0.3, -0.25) is 22.8 Å². The SMILES string of the molecule is CC(C)OCc1nnc2n1Cc1c(-c3cnco3)ncn1-c1ccc(Cl)cc1-2.CC(C)OCc1nnc2n1Cc1c(C3=NCCO3)ncn1-c1ccc(Cl)cc1-2.CCOCc1nnc2n1Cc1c(C3=NCCO3)ncn1-c1ccc(Cl)cc1-2.COCc1nnc2n1Cc1c(-c3cnco3)ncn1-c1ccc(Cl)cc1-2.COCc1nnc2n1Cc1c(C3=N[C@@H](c4ccccc4F)CO3)ncn1-c1ccc(Cl)cc1-2. The summed E-state index contributed by atoms with van der Waals surface area (Å²) < 4.78 is 90.5. The Morgan fingerprint density at radius 3 is 1.02 bits per heavy atom. The molecule has 0 saturated heterocycles. The minimum Gasteiger partial charge on any atom is -0.474 e. The number of aromatic nitrogens is 27. The van der Waals surface area contributed by atoms with Crippen molar-refractivity contribution in [3.05, 3.63) is 283 Å². The van der Waals surface area contributed by atoms with Gasteiger partial charge in [0.25, 0.3) is 0 Å². The average Bonchev–Trinajstić information content (AvgIpc) is 1.61. The summed E-state index contributed by atoms with van der Waals surface area (Å²) in [6.45, 7) is 17.6. The van der Waals surface area contributed by atoms with Crippen LogP contribution in [-0.2, 0) is 104 Å². The van der Waals surface area contributed by atoms with Gasteiger partial charge in [0.15, 0.2) is 82.6 Å². The number of ether oxygens (including phenoxy) is 8. The lowest BCUT2D eigenvalue weighted by atomic mass is 10.1. The molecule has 0 radical (unpaired) electrons. The summed E-state index contributed by atoms with van der Waals surface area (Å²) in [7, 11) is 3.25. The molecule has 18 aromatic rings. The number of halogens is 6. The lowest BCUT2D eigenvalue weighted by Crippen LogP contribution is -2.14. The van der Waals surface area contributed by atoms with Crippen LogP contribution in [0.1, 0.15) is 121 Å². The molecule has 40 nitrogen and oxygen atoms in total. The third-order valence-corrected chi connectivity index (χ3v) is 25.6. The summed E-state index contributed by atoms with van der Waals surface area (Å²) in [6.07, 6.45) is 15.2. The highest BCUT2D eigenvalue weighted by molar-refractivity contribution is 6.32. The molecular weight excluding hydrogens is 1930 g/mol. The van der Waals surface area contributed by atoms with Crippen molar-refractivity contribution >= 4 is 75.7 Å². The van der Waals surface area contributed by atoms with Crippen molar-refractivity contribution < 1.29 is 51.1 Å². The molecular formula is C96H84Cl5FN30O10. The van der Waals surface area contributed by atoms with E-state index in [0.717, 1.165) is 154 Å². The van der Waals surface area contributed by atoms with Crippen molar-refractivity contribution in [1.82, 2.24) is 132 Å². The molecule has 8 aliphatic heterocycles. The third-order valence-electron chi connectivity index (χ3n) is 24.4. The van der Waals surface area contributed by atoms with Gasteiger partial charge in [-0.1, -0.05) is 76.2 Å². The zero-order valence-corrected chi connectivity index (χ0v) is 80.8. The predicted octanol–water partition coefficient (Wildman–Crippen LogP) is 15.9. The number of benzene rings is 6. The molecule has 720 valence electrons. The molecule has 26 rings (SSSR count). The lowest BCUT2D eigenvalue weighted by molar-refractivity contribution is 0.0593. The quantitative estimate of drug-likeness (QED) is 0.0725. The first-order chi connectivity index (χ1) is 69.4. The highest BCUT2D eigenvalue weighted by Gasteiger charge is 2.38. The molecule has 20 heterocycles. The first-order valence-electron chi connectivity index (χ1n) is 45.2. The molecule has 12 aromatic heterocycles. The average molecular weight is 2010 g/mol. The second kappa shape index (κ2) is 39.3. The van der Waals surface area contributed by atoms with Crippen LogP contribution in [-0.4, -0.2) is 215 Å². The Hall–Kier alpha value is -14.9. The summed E-state index contributed by atoms with van der Waals surface area (Å²) in [6, 6.07) is 34.7. The predicted molar refractivity (Wildman–Crippen MR) is 517 cm³/mol. The summed E-state index contributed by atoms with van der Waals surface area (Å²) >= 11 is 31.4. The standard InChI is InChI=1S/C23H18ClFN6O2.C19H17ClN6O2.C19H19ClN6O2.C18H17ClN6O2.C17H13ClN6O2/c1-32-11-20-28-29-22-15-8-13(24)6-7-18(15)31-12-26-21(19(31)9-30(20)22)23-27-17(10-33-23)14-4-2-3-5-16(14)25;1-11(2)27-8-17-23-24-19-13-5-12(20)3-4-14(13)26-9-22-18(15(26)7-25(17)19)16-6-21-10-28-16;1-11(2)28-9-16-23-24-18-13-7-12(20)3-4-14(13)26-10-22-17(15(26)8-25(16)18)19-21-5-6-27-19;1-2-26-9-15-22-23-17-12-7-11(19)3-4-13(12)25-10-21-16(14(25)8-24(15)17)18-20-5-6-27-18;1-25-7-15-21-22-17-11-4-10(18)2-3-12(11)24-8-20-16(13(24)6-23(15)17)14-5-19-9-26-14/h2-8,12,17H,9-11H2,1H3;3-6,9-11H,7-8H2,1-2H3;3-4,7,10-11H,5-6,8-9H2,1-2H3;3-4,7,10H,2,5-6,8-9H2,1H3;2-5,8-9H,6-7H2,1H3/t17-;;;;/m1..../s1. The van der Waals surface area contributed by atoms with Crippen molar-refractivity contribution in [2.75, 3.05) is 53.7 Å². The summed E-state index contributed by atoms with van der Waals surface area (Å²) in [4.78, 5) is 44.5. The first-order valence-corrected chi connectivity index (χ1v) is 47.1. The maximum atomic E-state index is 14.3. The van der Waals surface area contributed by atoms with Crippen molar-refractivity contribution in [2.24, 2.45) is 15.0 Å². The molecule has 0 amide bonds. The van der Waals surface area contributed by atoms with E-state index in [1.807, 2.05) is 167 Å². The van der Waals surface area contributed by atoms with E-state index in [-0.39, 0.29) is 24.6 Å². The minimum atomic E-state index is -0.426. The Bertz CT molecular complexity index is 7910. The zero-order valence-electron chi connectivity index (χ0n) is 77.0. The molecule has 142 heavy (non-hydrogen) atoms. The monoisotopic (exact) mass is 2010 g/mol.